The van der Waals surface area contributed by atoms with Crippen molar-refractivity contribution in [2.24, 2.45) is 0 Å². The monoisotopic (exact) mass is 551 g/mol. The summed E-state index contributed by atoms with van der Waals surface area (Å²) >= 11 is 0. The van der Waals surface area contributed by atoms with Gasteiger partial charge in [-0.25, -0.2) is 0 Å². The molecule has 0 bridgehead atoms. The van der Waals surface area contributed by atoms with E-state index in [1.165, 1.54) is 0 Å². The van der Waals surface area contributed by atoms with E-state index in [4.69, 9.17) is 30.6 Å². The van der Waals surface area contributed by atoms with Crippen LogP contribution >= 0.6 is 0 Å². The zero-order chi connectivity index (χ0) is 25.1. The molecule has 15 nitrogen and oxygen atoms in total. The van der Waals surface area contributed by atoms with E-state index in [0.29, 0.717) is 19.6 Å². The molecule has 1 heterocycles. The summed E-state index contributed by atoms with van der Waals surface area (Å²) in [6.07, 6.45) is 2.28. The van der Waals surface area contributed by atoms with Crippen molar-refractivity contribution < 1.29 is 50.4 Å². The number of hydrogen-bond donors (Lipinski definition) is 3. The average molecular weight is 553 g/mol. The van der Waals surface area contributed by atoms with Gasteiger partial charge in [-0.05, 0) is 79.3 Å². The van der Waals surface area contributed by atoms with Crippen LogP contribution in [0.1, 0.15) is 40.0 Å². The minimum absolute atomic E-state index is 0. The number of aliphatic hydroxyl groups excluding tert-OH is 3. The molecule has 1 aliphatic heterocycles. The van der Waals surface area contributed by atoms with Gasteiger partial charge in [0.25, 0.3) is 0 Å². The van der Waals surface area contributed by atoms with E-state index in [2.05, 4.69) is 14.7 Å². The molecule has 1 saturated heterocycles. The van der Waals surface area contributed by atoms with E-state index in [1.54, 1.807) is 0 Å². The summed E-state index contributed by atoms with van der Waals surface area (Å²) in [4.78, 5) is 23.5. The Labute approximate surface area is 213 Å². The average Bonchev–Trinajstić information content (AvgIpc) is 2.57. The predicted octanol–water partition coefficient (Wildman–Crippen LogP) is -1.09. The molecule has 5 N–H and O–H groups in total. The molecule has 1 aliphatic rings. The fourth-order valence-corrected chi connectivity index (χ4v) is 3.56. The van der Waals surface area contributed by atoms with Gasteiger partial charge in [-0.1, -0.05) is 0 Å². The molecule has 1 fully saturated rings. The van der Waals surface area contributed by atoms with Crippen LogP contribution in [0.4, 0.5) is 0 Å². The van der Waals surface area contributed by atoms with Crippen molar-refractivity contribution >= 4 is 0 Å². The van der Waals surface area contributed by atoms with Crippen molar-refractivity contribution in [3.05, 3.63) is 30.6 Å². The molecule has 0 aromatic heterocycles. The summed E-state index contributed by atoms with van der Waals surface area (Å²) in [6.45, 7) is 13.6. The summed E-state index contributed by atoms with van der Waals surface area (Å²) in [5.41, 5.74) is 0. The second kappa shape index (κ2) is 24.9. The zero-order valence-electron chi connectivity index (χ0n) is 20.5. The number of nitrogens with zero attached hydrogens (tertiary/aromatic N) is 5. The zero-order valence-corrected chi connectivity index (χ0v) is 23.4. The summed E-state index contributed by atoms with van der Waals surface area (Å²) in [7, 11) is 0. The number of aliphatic hydroxyl groups is 3. The first kappa shape index (κ1) is 39.9. The molecule has 0 aromatic rings. The Morgan fingerprint density at radius 1 is 0.618 bits per heavy atom. The molecule has 0 spiro atoms. The predicted molar refractivity (Wildman–Crippen MR) is 123 cm³/mol. The first-order valence-corrected chi connectivity index (χ1v) is 10.7. The molecule has 16 heteroatoms. The Balaban J connectivity index is -0.000000390. The Kier molecular flexibility index (Phi) is 29.2. The van der Waals surface area contributed by atoms with Crippen LogP contribution in [0.25, 0.3) is 0 Å². The summed E-state index contributed by atoms with van der Waals surface area (Å²) in [5.74, 6) is 0. The minimum atomic E-state index is -1.75. The summed E-state index contributed by atoms with van der Waals surface area (Å²) in [5, 5.41) is 58.6. The Morgan fingerprint density at radius 3 is 0.882 bits per heavy atom. The quantitative estimate of drug-likeness (QED) is 0.202. The van der Waals surface area contributed by atoms with Gasteiger partial charge in [-0.15, -0.1) is 0 Å². The molecule has 0 radical (unpaired) electrons. The third-order valence-corrected chi connectivity index (χ3v) is 4.41. The second-order valence-corrected chi connectivity index (χ2v) is 7.96. The Morgan fingerprint density at radius 2 is 0.765 bits per heavy atom. The molecule has 0 saturated carbocycles. The fraction of sp³-hybridized carbons (Fsp3) is 1.00. The molecule has 34 heavy (non-hydrogen) atoms. The van der Waals surface area contributed by atoms with Crippen LogP contribution in [0.3, 0.4) is 0 Å². The Bertz CT molecular complexity index is 412. The smallest absolute Gasteiger partial charge is 0.412 e. The largest absolute Gasteiger partial charge is 2.00 e. The van der Waals surface area contributed by atoms with Gasteiger partial charge in [-0.3, -0.25) is 0 Å². The molecule has 0 amide bonds. The Hall–Kier alpha value is -1.26. The number of rotatable bonds is 6. The topological polar surface area (TPSA) is 234 Å². The van der Waals surface area contributed by atoms with Crippen molar-refractivity contribution in [3.63, 3.8) is 0 Å². The minimum Gasteiger partial charge on any atom is -0.412 e. The fourth-order valence-electron chi connectivity index (χ4n) is 3.56. The van der Waals surface area contributed by atoms with Crippen molar-refractivity contribution in [1.29, 1.82) is 0 Å². The van der Waals surface area contributed by atoms with Crippen LogP contribution in [0.15, 0.2) is 0 Å². The van der Waals surface area contributed by atoms with E-state index in [-0.39, 0.29) is 43.3 Å². The standard InChI is InChI=1S/C18H39N3O3.2NO3.H2O.Zn/c1-16(22)13-19-7-4-9-20(14-17(2)23)11-6-12-21(10-5-8-19)15-18(3)24;2*2-1(3)4;;/h16-18,22-24H,4-15H2,1-3H3;;;1H2;/q;2*-1;;+2/t16-,17-,18-;;;;/m0..../s1. The maximum absolute atomic E-state index is 9.71. The van der Waals surface area contributed by atoms with E-state index >= 15 is 0 Å². The van der Waals surface area contributed by atoms with Crippen molar-refractivity contribution in [2.75, 3.05) is 58.9 Å². The first-order chi connectivity index (χ1) is 14.8. The van der Waals surface area contributed by atoms with Gasteiger partial charge >= 0.3 is 19.5 Å². The van der Waals surface area contributed by atoms with E-state index < -0.39 is 10.2 Å². The van der Waals surface area contributed by atoms with E-state index in [9.17, 15) is 15.3 Å². The van der Waals surface area contributed by atoms with Gasteiger partial charge in [0.2, 0.25) is 0 Å². The first-order valence-electron chi connectivity index (χ1n) is 10.7. The third-order valence-electron chi connectivity index (χ3n) is 4.41. The van der Waals surface area contributed by atoms with Crippen LogP contribution < -0.4 is 0 Å². The molecule has 200 valence electrons. The van der Waals surface area contributed by atoms with Gasteiger partial charge < -0.3 is 66.1 Å². The molecule has 0 aromatic carbocycles. The maximum Gasteiger partial charge on any atom is 2.00 e. The van der Waals surface area contributed by atoms with Crippen molar-refractivity contribution in [2.45, 2.75) is 58.3 Å². The molecule has 0 unspecified atom stereocenters. The van der Waals surface area contributed by atoms with Crippen molar-refractivity contribution in [3.8, 4) is 0 Å². The SMILES string of the molecule is C[C@H](O)CN1CCCN(C[C@H](C)O)CCCN(C[C@H](C)O)CCC1.O.O=[N+]([O-])[O-].O=[N+]([O-])[O-].[Zn+2]. The van der Waals surface area contributed by atoms with Crippen LogP contribution in [-0.4, -0.2) is 123 Å². The van der Waals surface area contributed by atoms with Gasteiger partial charge in [0, 0.05) is 19.6 Å². The molecular weight excluding hydrogens is 512 g/mol. The van der Waals surface area contributed by atoms with Gasteiger partial charge in [0.15, 0.2) is 0 Å². The van der Waals surface area contributed by atoms with Gasteiger partial charge in [0.1, 0.15) is 0 Å². The van der Waals surface area contributed by atoms with E-state index in [1.807, 2.05) is 20.8 Å². The molecule has 0 aliphatic carbocycles. The normalized spacial score (nSPS) is 18.9. The van der Waals surface area contributed by atoms with Gasteiger partial charge in [0.05, 0.1) is 28.5 Å². The van der Waals surface area contributed by atoms with Gasteiger partial charge in [-0.2, -0.15) is 0 Å². The summed E-state index contributed by atoms with van der Waals surface area (Å²) in [6, 6.07) is 0. The number of β-amino-alcohol motifs (C(OH)–C–C–N with tert-alkyl or cyclic N) is 3. The van der Waals surface area contributed by atoms with Crippen LogP contribution in [0, 0.1) is 30.6 Å². The van der Waals surface area contributed by atoms with Crippen LogP contribution in [0.5, 0.6) is 0 Å². The molecular formula is C18H41N5O10Zn. The van der Waals surface area contributed by atoms with Crippen LogP contribution in [-0.2, 0) is 19.5 Å². The van der Waals surface area contributed by atoms with E-state index in [0.717, 1.165) is 58.5 Å². The molecule has 1 rings (SSSR count). The number of hydrogen-bond acceptors (Lipinski definition) is 12. The second-order valence-electron chi connectivity index (χ2n) is 7.96. The van der Waals surface area contributed by atoms with Crippen LogP contribution in [0.2, 0.25) is 0 Å². The third kappa shape index (κ3) is 32.9. The summed E-state index contributed by atoms with van der Waals surface area (Å²) < 4.78 is 0. The van der Waals surface area contributed by atoms with Crippen molar-refractivity contribution in [1.82, 2.24) is 14.7 Å². The molecule has 3 atom stereocenters. The maximum atomic E-state index is 9.71.